The Kier molecular flexibility index (Phi) is 46.7. The van der Waals surface area contributed by atoms with Crippen LogP contribution in [0.4, 0.5) is 0 Å². The second kappa shape index (κ2) is 49.8. The van der Waals surface area contributed by atoms with E-state index in [1.165, 1.54) is 161 Å². The molecule has 0 aromatic carbocycles. The van der Waals surface area contributed by atoms with Crippen LogP contribution in [0.25, 0.3) is 0 Å². The predicted molar refractivity (Wildman–Crippen MR) is 292 cm³/mol. The van der Waals surface area contributed by atoms with Crippen molar-refractivity contribution in [2.45, 2.75) is 301 Å². The van der Waals surface area contributed by atoms with Gasteiger partial charge in [-0.1, -0.05) is 217 Å². The molecule has 7 unspecified atom stereocenters. The predicted octanol–water partition coefficient (Wildman–Crippen LogP) is 13.3. The summed E-state index contributed by atoms with van der Waals surface area (Å²) in [5.41, 5.74) is 0. The van der Waals surface area contributed by atoms with Gasteiger partial charge < -0.3 is 45.1 Å². The van der Waals surface area contributed by atoms with Crippen molar-refractivity contribution >= 4 is 11.9 Å². The first kappa shape index (κ1) is 66.6. The molecular weight excluding hydrogens is 895 g/mol. The fourth-order valence-electron chi connectivity index (χ4n) is 8.97. The number of esters is 1. The molecule has 1 fully saturated rings. The second-order valence-corrected chi connectivity index (χ2v) is 20.3. The molecule has 0 aromatic rings. The Hall–Kier alpha value is -2.38. The first-order valence-corrected chi connectivity index (χ1v) is 29.4. The van der Waals surface area contributed by atoms with Gasteiger partial charge in [0, 0.05) is 12.8 Å². The Balaban J connectivity index is 2.05. The zero-order valence-corrected chi connectivity index (χ0v) is 45.4. The van der Waals surface area contributed by atoms with Gasteiger partial charge in [0.15, 0.2) is 6.29 Å². The number of rotatable bonds is 50. The van der Waals surface area contributed by atoms with Crippen LogP contribution in [-0.2, 0) is 23.8 Å². The van der Waals surface area contributed by atoms with Crippen LogP contribution in [0.3, 0.4) is 0 Å². The highest BCUT2D eigenvalue weighted by Gasteiger charge is 2.44. The molecular formula is C60H109NO10. The first-order chi connectivity index (χ1) is 34.7. The van der Waals surface area contributed by atoms with Crippen molar-refractivity contribution in [2.24, 2.45) is 0 Å². The van der Waals surface area contributed by atoms with Gasteiger partial charge >= 0.3 is 5.97 Å². The Bertz CT molecular complexity index is 1320. The van der Waals surface area contributed by atoms with Crippen molar-refractivity contribution in [1.82, 2.24) is 5.32 Å². The lowest BCUT2D eigenvalue weighted by molar-refractivity contribution is -0.302. The van der Waals surface area contributed by atoms with Gasteiger partial charge in [-0.15, -0.1) is 0 Å². The Morgan fingerprint density at radius 1 is 0.521 bits per heavy atom. The molecule has 6 N–H and O–H groups in total. The maximum Gasteiger partial charge on any atom is 0.305 e. The monoisotopic (exact) mass is 1000 g/mol. The highest BCUT2D eigenvalue weighted by Crippen LogP contribution is 2.23. The molecule has 11 heteroatoms. The number of ether oxygens (including phenoxy) is 3. The SMILES string of the molecule is CCCCCC/C=C\CCCCCCCC(=O)OCC/C=C\C/C=C\CCCCCCCCCCCCCCCCC(=O)NC(COC1OC(CO)C(O)C(O)C1O)C(O)/C=C/CCCCCCCCC. The van der Waals surface area contributed by atoms with Crippen LogP contribution in [0.1, 0.15) is 258 Å². The van der Waals surface area contributed by atoms with E-state index in [0.29, 0.717) is 19.4 Å². The quantitative estimate of drug-likeness (QED) is 0.0195. The smallest absolute Gasteiger partial charge is 0.305 e. The molecule has 0 bridgehead atoms. The van der Waals surface area contributed by atoms with Crippen molar-refractivity contribution in [3.8, 4) is 0 Å². The Labute approximate surface area is 434 Å². The second-order valence-electron chi connectivity index (χ2n) is 20.3. The van der Waals surface area contributed by atoms with Gasteiger partial charge in [-0.2, -0.15) is 0 Å². The highest BCUT2D eigenvalue weighted by molar-refractivity contribution is 5.76. The average Bonchev–Trinajstić information content (AvgIpc) is 3.37. The molecule has 1 heterocycles. The number of aliphatic hydroxyl groups excluding tert-OH is 5. The first-order valence-electron chi connectivity index (χ1n) is 29.4. The Morgan fingerprint density at radius 3 is 1.45 bits per heavy atom. The summed E-state index contributed by atoms with van der Waals surface area (Å²) < 4.78 is 16.6. The summed E-state index contributed by atoms with van der Waals surface area (Å²) in [5, 5.41) is 54.2. The molecule has 1 rings (SSSR count). The van der Waals surface area contributed by atoms with E-state index in [1.807, 2.05) is 6.08 Å². The highest BCUT2D eigenvalue weighted by atomic mass is 16.7. The summed E-state index contributed by atoms with van der Waals surface area (Å²) in [7, 11) is 0. The van der Waals surface area contributed by atoms with E-state index in [9.17, 15) is 35.1 Å². The summed E-state index contributed by atoms with van der Waals surface area (Å²) in [6.45, 7) is 4.18. The van der Waals surface area contributed by atoms with Crippen LogP contribution in [0.15, 0.2) is 48.6 Å². The van der Waals surface area contributed by atoms with Crippen molar-refractivity contribution in [2.75, 3.05) is 19.8 Å². The number of amides is 1. The molecule has 414 valence electrons. The van der Waals surface area contributed by atoms with Crippen LogP contribution in [-0.4, -0.2) is 100 Å². The molecule has 0 radical (unpaired) electrons. The molecule has 11 nitrogen and oxygen atoms in total. The third-order valence-electron chi connectivity index (χ3n) is 13.7. The molecule has 1 saturated heterocycles. The fourth-order valence-corrected chi connectivity index (χ4v) is 8.97. The minimum Gasteiger partial charge on any atom is -0.465 e. The van der Waals surface area contributed by atoms with Gasteiger partial charge in [-0.3, -0.25) is 9.59 Å². The summed E-state index contributed by atoms with van der Waals surface area (Å²) in [6.07, 6.45) is 52.3. The zero-order chi connectivity index (χ0) is 51.7. The van der Waals surface area contributed by atoms with Gasteiger partial charge in [0.2, 0.25) is 5.91 Å². The lowest BCUT2D eigenvalue weighted by atomic mass is 9.99. The van der Waals surface area contributed by atoms with Gasteiger partial charge in [0.25, 0.3) is 0 Å². The molecule has 7 atom stereocenters. The molecule has 71 heavy (non-hydrogen) atoms. The standard InChI is InChI=1S/C60H109NO10/c1-3-5-7-9-11-13-14-24-28-32-36-40-44-48-56(65)69-49-45-41-37-33-29-26-23-21-19-17-15-16-18-20-22-25-27-31-35-39-43-47-55(64)61-52(53(63)46-42-38-34-30-12-10-8-6-4-2)51-70-60-59(68)58(67)57(66)54(50-62)71-60/h13-14,26,29,37,41-42,46,52-54,57-60,62-63,66-68H,3-12,15-25,27-28,30-36,38-40,43-45,47-51H2,1-2H3,(H,61,64)/b14-13-,29-26-,41-37-,46-42+. The summed E-state index contributed by atoms with van der Waals surface area (Å²) in [6, 6.07) is -0.813. The van der Waals surface area contributed by atoms with Crippen molar-refractivity contribution in [3.05, 3.63) is 48.6 Å². The molecule has 1 aliphatic heterocycles. The summed E-state index contributed by atoms with van der Waals surface area (Å²) in [5.74, 6) is -0.248. The molecule has 0 saturated carbocycles. The fraction of sp³-hybridized carbons (Fsp3) is 0.833. The number of nitrogens with one attached hydrogen (secondary N) is 1. The van der Waals surface area contributed by atoms with E-state index < -0.39 is 49.5 Å². The lowest BCUT2D eigenvalue weighted by Crippen LogP contribution is -2.60. The number of carbonyl (C=O) groups excluding carboxylic acids is 2. The normalized spacial score (nSPS) is 19.5. The van der Waals surface area contributed by atoms with Crippen molar-refractivity contribution in [1.29, 1.82) is 0 Å². The van der Waals surface area contributed by atoms with Crippen LogP contribution in [0.2, 0.25) is 0 Å². The van der Waals surface area contributed by atoms with E-state index in [2.05, 4.69) is 55.6 Å². The number of carbonyl (C=O) groups is 2. The number of hydrogen-bond acceptors (Lipinski definition) is 10. The number of aliphatic hydroxyl groups is 5. The van der Waals surface area contributed by atoms with E-state index in [1.54, 1.807) is 6.08 Å². The number of hydrogen-bond donors (Lipinski definition) is 6. The molecule has 0 spiro atoms. The van der Waals surface area contributed by atoms with Crippen LogP contribution in [0, 0.1) is 0 Å². The van der Waals surface area contributed by atoms with Crippen molar-refractivity contribution < 1.29 is 49.3 Å². The van der Waals surface area contributed by atoms with Gasteiger partial charge in [0.05, 0.1) is 32.0 Å². The lowest BCUT2D eigenvalue weighted by Gasteiger charge is -2.40. The topological polar surface area (TPSA) is 175 Å². The van der Waals surface area contributed by atoms with Crippen LogP contribution in [0.5, 0.6) is 0 Å². The third-order valence-corrected chi connectivity index (χ3v) is 13.7. The van der Waals surface area contributed by atoms with E-state index >= 15 is 0 Å². The van der Waals surface area contributed by atoms with Gasteiger partial charge in [-0.05, 0) is 77.0 Å². The van der Waals surface area contributed by atoms with Gasteiger partial charge in [0.1, 0.15) is 24.4 Å². The van der Waals surface area contributed by atoms with E-state index in [-0.39, 0.29) is 18.5 Å². The van der Waals surface area contributed by atoms with Crippen LogP contribution >= 0.6 is 0 Å². The minimum atomic E-state index is -1.57. The van der Waals surface area contributed by atoms with E-state index in [4.69, 9.17) is 14.2 Å². The van der Waals surface area contributed by atoms with Crippen LogP contribution < -0.4 is 5.32 Å². The molecule has 0 aliphatic carbocycles. The summed E-state index contributed by atoms with van der Waals surface area (Å²) >= 11 is 0. The molecule has 1 aliphatic rings. The molecule has 0 aromatic heterocycles. The summed E-state index contributed by atoms with van der Waals surface area (Å²) in [4.78, 5) is 25.0. The number of allylic oxidation sites excluding steroid dienone is 6. The Morgan fingerprint density at radius 2 is 0.944 bits per heavy atom. The maximum absolute atomic E-state index is 13.0. The third kappa shape index (κ3) is 39.7. The van der Waals surface area contributed by atoms with E-state index in [0.717, 1.165) is 70.6 Å². The van der Waals surface area contributed by atoms with Crippen molar-refractivity contribution in [3.63, 3.8) is 0 Å². The zero-order valence-electron chi connectivity index (χ0n) is 45.4. The minimum absolute atomic E-state index is 0.0583. The molecule has 1 amide bonds. The maximum atomic E-state index is 13.0. The van der Waals surface area contributed by atoms with Gasteiger partial charge in [-0.25, -0.2) is 0 Å². The average molecular weight is 1000 g/mol. The number of unbranched alkanes of at least 4 members (excludes halogenated alkanes) is 30. The largest absolute Gasteiger partial charge is 0.465 e.